The summed E-state index contributed by atoms with van der Waals surface area (Å²) >= 11 is 0. The van der Waals surface area contributed by atoms with Crippen LogP contribution >= 0.6 is 0 Å². The molecule has 2 saturated heterocycles. The average Bonchev–Trinajstić information content (AvgIpc) is 3.27. The number of hydrogen-bond donors (Lipinski definition) is 3. The highest BCUT2D eigenvalue weighted by molar-refractivity contribution is 7.89. The van der Waals surface area contributed by atoms with E-state index in [1.54, 1.807) is 11.2 Å². The predicted molar refractivity (Wildman–Crippen MR) is 117 cm³/mol. The van der Waals surface area contributed by atoms with E-state index in [1.807, 2.05) is 24.9 Å². The summed E-state index contributed by atoms with van der Waals surface area (Å²) in [5, 5.41) is 10.0. The van der Waals surface area contributed by atoms with Gasteiger partial charge in [0, 0.05) is 43.0 Å². The number of sulfonamides is 1. The van der Waals surface area contributed by atoms with Crippen LogP contribution in [0.2, 0.25) is 0 Å². The van der Waals surface area contributed by atoms with Gasteiger partial charge >= 0.3 is 0 Å². The lowest BCUT2D eigenvalue weighted by molar-refractivity contribution is 0.0995. The molecule has 4 heterocycles. The van der Waals surface area contributed by atoms with Crippen molar-refractivity contribution in [1.29, 1.82) is 0 Å². The Morgan fingerprint density at radius 2 is 1.94 bits per heavy atom. The molecule has 2 bridgehead atoms. The van der Waals surface area contributed by atoms with Crippen LogP contribution in [0.1, 0.15) is 48.8 Å². The highest BCUT2D eigenvalue weighted by Crippen LogP contribution is 2.40. The SMILES string of the molecule is CCS(=O)(=O)N1[C@@H]2CC[C@H]1C[C@H](N(C)c1nc(Nc3cc(C)[nH]n3)cc(C(N)=O)n1)C2. The van der Waals surface area contributed by atoms with Crippen LogP contribution in [0, 0.1) is 6.92 Å². The zero-order valence-electron chi connectivity index (χ0n) is 17.9. The number of aromatic amines is 1. The largest absolute Gasteiger partial charge is 0.364 e. The molecule has 4 N–H and O–H groups in total. The number of H-pyrrole nitrogens is 1. The van der Waals surface area contributed by atoms with Crippen molar-refractivity contribution in [2.45, 2.75) is 57.7 Å². The van der Waals surface area contributed by atoms with Crippen molar-refractivity contribution < 1.29 is 13.2 Å². The number of aromatic nitrogens is 4. The van der Waals surface area contributed by atoms with Crippen LogP contribution in [-0.4, -0.2) is 69.7 Å². The maximum absolute atomic E-state index is 12.5. The first-order valence-electron chi connectivity index (χ1n) is 10.4. The number of nitrogens with two attached hydrogens (primary N) is 1. The monoisotopic (exact) mass is 448 g/mol. The second kappa shape index (κ2) is 8.08. The molecule has 2 aliphatic heterocycles. The molecule has 0 aromatic carbocycles. The number of anilines is 3. The highest BCUT2D eigenvalue weighted by Gasteiger charge is 2.47. The third-order valence-corrected chi connectivity index (χ3v) is 8.09. The van der Waals surface area contributed by atoms with Crippen molar-refractivity contribution in [3.05, 3.63) is 23.5 Å². The first-order chi connectivity index (χ1) is 14.7. The molecule has 168 valence electrons. The van der Waals surface area contributed by atoms with Gasteiger partial charge in [0.25, 0.3) is 5.91 Å². The van der Waals surface area contributed by atoms with E-state index in [0.29, 0.717) is 30.4 Å². The van der Waals surface area contributed by atoms with Crippen LogP contribution in [0.25, 0.3) is 0 Å². The van der Waals surface area contributed by atoms with E-state index in [2.05, 4.69) is 25.5 Å². The van der Waals surface area contributed by atoms with Crippen LogP contribution in [0.15, 0.2) is 12.1 Å². The van der Waals surface area contributed by atoms with Gasteiger partial charge in [-0.25, -0.2) is 13.4 Å². The standard InChI is InChI=1S/C19H28N8O3S/c1-4-31(29,30)27-12-5-6-13(27)9-14(8-12)26(3)19-21-15(18(20)28)10-16(23-19)22-17-7-11(2)24-25-17/h7,10,12-14H,4-6,8-9H2,1-3H3,(H2,20,28)(H2,21,22,23,24,25)/t12-,13+,14-. The molecule has 2 fully saturated rings. The second-order valence-electron chi connectivity index (χ2n) is 8.22. The molecule has 1 amide bonds. The maximum Gasteiger partial charge on any atom is 0.267 e. The molecule has 11 nitrogen and oxygen atoms in total. The van der Waals surface area contributed by atoms with Crippen LogP contribution in [0.3, 0.4) is 0 Å². The Kier molecular flexibility index (Phi) is 5.60. The van der Waals surface area contributed by atoms with Gasteiger partial charge in [0.1, 0.15) is 11.5 Å². The molecule has 12 heteroatoms. The highest BCUT2D eigenvalue weighted by atomic mass is 32.2. The minimum atomic E-state index is -3.23. The maximum atomic E-state index is 12.5. The van der Waals surface area contributed by atoms with E-state index in [-0.39, 0.29) is 29.6 Å². The number of fused-ring (bicyclic) bond motifs is 2. The van der Waals surface area contributed by atoms with Gasteiger partial charge in [-0.15, -0.1) is 0 Å². The molecular formula is C19H28N8O3S. The molecule has 3 atom stereocenters. The van der Waals surface area contributed by atoms with Crippen molar-refractivity contribution in [2.24, 2.45) is 5.73 Å². The lowest BCUT2D eigenvalue weighted by atomic mass is 9.99. The summed E-state index contributed by atoms with van der Waals surface area (Å²) in [6, 6.07) is 3.34. The summed E-state index contributed by atoms with van der Waals surface area (Å²) in [5.41, 5.74) is 6.47. The smallest absolute Gasteiger partial charge is 0.267 e. The molecule has 2 aromatic rings. The first-order valence-corrected chi connectivity index (χ1v) is 12.0. The molecule has 0 spiro atoms. The summed E-state index contributed by atoms with van der Waals surface area (Å²) in [6.45, 7) is 3.57. The van der Waals surface area contributed by atoms with Gasteiger partial charge in [-0.3, -0.25) is 9.89 Å². The van der Waals surface area contributed by atoms with Crippen molar-refractivity contribution >= 4 is 33.5 Å². The van der Waals surface area contributed by atoms with Crippen LogP contribution in [0.4, 0.5) is 17.6 Å². The van der Waals surface area contributed by atoms with Gasteiger partial charge in [-0.2, -0.15) is 14.4 Å². The van der Waals surface area contributed by atoms with E-state index in [1.165, 1.54) is 6.07 Å². The fraction of sp³-hybridized carbons (Fsp3) is 0.579. The number of hydrogen-bond acceptors (Lipinski definition) is 8. The molecule has 4 rings (SSSR count). The lowest BCUT2D eigenvalue weighted by Crippen LogP contribution is -2.52. The molecule has 2 aromatic heterocycles. The molecule has 31 heavy (non-hydrogen) atoms. The van der Waals surface area contributed by atoms with Gasteiger partial charge in [-0.1, -0.05) is 0 Å². The Morgan fingerprint density at radius 1 is 1.26 bits per heavy atom. The number of aryl methyl sites for hydroxylation is 1. The summed E-state index contributed by atoms with van der Waals surface area (Å²) in [7, 11) is -1.35. The zero-order valence-corrected chi connectivity index (χ0v) is 18.7. The van der Waals surface area contributed by atoms with Crippen molar-refractivity contribution in [3.63, 3.8) is 0 Å². The topological polar surface area (TPSA) is 150 Å². The van der Waals surface area contributed by atoms with Crippen LogP contribution < -0.4 is 16.0 Å². The Labute approximate surface area is 181 Å². The molecule has 2 aliphatic rings. The number of rotatable bonds is 7. The minimum absolute atomic E-state index is 0.0138. The Bertz CT molecular complexity index is 1070. The summed E-state index contributed by atoms with van der Waals surface area (Å²) in [5.74, 6) is 0.804. The Hall–Kier alpha value is -2.73. The van der Waals surface area contributed by atoms with Crippen LogP contribution in [-0.2, 0) is 10.0 Å². The lowest BCUT2D eigenvalue weighted by Gasteiger charge is -2.41. The summed E-state index contributed by atoms with van der Waals surface area (Å²) < 4.78 is 26.8. The molecule has 0 saturated carbocycles. The van der Waals surface area contributed by atoms with Crippen molar-refractivity contribution in [1.82, 2.24) is 24.5 Å². The van der Waals surface area contributed by atoms with Gasteiger partial charge in [0.2, 0.25) is 16.0 Å². The molecular weight excluding hydrogens is 420 g/mol. The van der Waals surface area contributed by atoms with Crippen LogP contribution in [0.5, 0.6) is 0 Å². The fourth-order valence-electron chi connectivity index (χ4n) is 4.58. The average molecular weight is 449 g/mol. The van der Waals surface area contributed by atoms with E-state index < -0.39 is 15.9 Å². The van der Waals surface area contributed by atoms with E-state index in [9.17, 15) is 13.2 Å². The number of nitrogens with one attached hydrogen (secondary N) is 2. The van der Waals surface area contributed by atoms with Crippen molar-refractivity contribution in [3.8, 4) is 0 Å². The number of carbonyl (C=O) groups excluding carboxylic acids is 1. The van der Waals surface area contributed by atoms with Gasteiger partial charge in [-0.05, 0) is 39.5 Å². The third kappa shape index (κ3) is 4.22. The third-order valence-electron chi connectivity index (χ3n) is 6.12. The van der Waals surface area contributed by atoms with E-state index in [4.69, 9.17) is 5.73 Å². The summed E-state index contributed by atoms with van der Waals surface area (Å²) in [4.78, 5) is 22.7. The second-order valence-corrected chi connectivity index (χ2v) is 10.4. The number of piperidine rings is 1. The van der Waals surface area contributed by atoms with Crippen molar-refractivity contribution in [2.75, 3.05) is 23.0 Å². The van der Waals surface area contributed by atoms with Gasteiger partial charge in [0.15, 0.2) is 5.82 Å². The quantitative estimate of drug-likeness (QED) is 0.570. The Balaban J connectivity index is 1.58. The number of carbonyl (C=O) groups is 1. The zero-order chi connectivity index (χ0) is 22.3. The first kappa shape index (κ1) is 21.5. The number of nitrogens with zero attached hydrogens (tertiary/aromatic N) is 5. The van der Waals surface area contributed by atoms with Gasteiger partial charge < -0.3 is 16.0 Å². The van der Waals surface area contributed by atoms with Gasteiger partial charge in [0.05, 0.1) is 5.75 Å². The van der Waals surface area contributed by atoms with E-state index >= 15 is 0 Å². The predicted octanol–water partition coefficient (Wildman–Crippen LogP) is 1.13. The number of amides is 1. The molecule has 0 unspecified atom stereocenters. The normalized spacial score (nSPS) is 23.6. The number of primary amides is 1. The molecule has 0 aliphatic carbocycles. The van der Waals surface area contributed by atoms with E-state index in [0.717, 1.165) is 18.5 Å². The Morgan fingerprint density at radius 3 is 2.48 bits per heavy atom. The molecule has 0 radical (unpaired) electrons. The summed E-state index contributed by atoms with van der Waals surface area (Å²) in [6.07, 6.45) is 3.11. The fourth-order valence-corrected chi connectivity index (χ4v) is 6.17. The minimum Gasteiger partial charge on any atom is -0.364 e.